The van der Waals surface area contributed by atoms with E-state index >= 15 is 0 Å². The number of rotatable bonds is 24. The molecule has 0 unspecified atom stereocenters. The summed E-state index contributed by atoms with van der Waals surface area (Å²) in [6, 6.07) is 0. The number of carbonyl (C=O) groups is 2. The first-order valence-corrected chi connectivity index (χ1v) is 13.0. The predicted molar refractivity (Wildman–Crippen MR) is 130 cm³/mol. The lowest BCUT2D eigenvalue weighted by Crippen LogP contribution is -2.40. The second kappa shape index (κ2) is 26.1. The highest BCUT2D eigenvalue weighted by molar-refractivity contribution is 6.35. The fourth-order valence-corrected chi connectivity index (χ4v) is 3.40. The Morgan fingerprint density at radius 3 is 1.44 bits per heavy atom. The molecule has 0 atom stereocenters. The van der Waals surface area contributed by atoms with Gasteiger partial charge in [-0.25, -0.2) is 0 Å². The first-order chi connectivity index (χ1) is 15.7. The molecule has 0 aliphatic rings. The van der Waals surface area contributed by atoms with Crippen LogP contribution in [-0.2, 0) is 19.1 Å². The molecular formula is C25H50N2O5. The minimum Gasteiger partial charge on any atom is -0.394 e. The van der Waals surface area contributed by atoms with Gasteiger partial charge in [-0.15, -0.1) is 0 Å². The largest absolute Gasteiger partial charge is 0.394 e. The zero-order chi connectivity index (χ0) is 23.5. The highest BCUT2D eigenvalue weighted by Crippen LogP contribution is 2.12. The Labute approximate surface area is 196 Å². The van der Waals surface area contributed by atoms with Gasteiger partial charge in [-0.05, 0) is 19.3 Å². The van der Waals surface area contributed by atoms with Crippen molar-refractivity contribution < 1.29 is 24.2 Å². The number of unbranched alkanes of at least 4 members (excludes halogenated alkanes) is 13. The molecule has 190 valence electrons. The molecule has 0 bridgehead atoms. The lowest BCUT2D eigenvalue weighted by Gasteiger charge is -2.06. The summed E-state index contributed by atoms with van der Waals surface area (Å²) >= 11 is 0. The summed E-state index contributed by atoms with van der Waals surface area (Å²) in [5, 5.41) is 13.9. The quantitative estimate of drug-likeness (QED) is 0.149. The molecule has 32 heavy (non-hydrogen) atoms. The average molecular weight is 459 g/mol. The fourth-order valence-electron chi connectivity index (χ4n) is 3.40. The molecule has 0 fully saturated rings. The van der Waals surface area contributed by atoms with Crippen molar-refractivity contribution in [3.63, 3.8) is 0 Å². The molecule has 0 aliphatic carbocycles. The normalized spacial score (nSPS) is 10.9. The Kier molecular flexibility index (Phi) is 25.1. The monoisotopic (exact) mass is 458 g/mol. The second-order valence-electron chi connectivity index (χ2n) is 8.41. The number of aliphatic hydroxyl groups is 1. The second-order valence-corrected chi connectivity index (χ2v) is 8.41. The molecule has 0 heterocycles. The standard InChI is InChI=1S/C25H50N2O5/c1-2-3-17-26-24(29)25(30)27-18-15-13-11-9-7-5-4-6-8-10-12-14-16-20-31-22-23-32-21-19-28/h28H,2-23H2,1H3,(H,26,29)(H,27,30). The molecule has 3 N–H and O–H groups in total. The van der Waals surface area contributed by atoms with Crippen molar-refractivity contribution in [3.05, 3.63) is 0 Å². The van der Waals surface area contributed by atoms with Crippen LogP contribution < -0.4 is 10.6 Å². The third kappa shape index (κ3) is 23.5. The van der Waals surface area contributed by atoms with Gasteiger partial charge in [-0.2, -0.15) is 0 Å². The first-order valence-electron chi connectivity index (χ1n) is 13.0. The van der Waals surface area contributed by atoms with Crippen LogP contribution in [-0.4, -0.2) is 63.0 Å². The van der Waals surface area contributed by atoms with E-state index in [1.807, 2.05) is 0 Å². The molecular weight excluding hydrogens is 408 g/mol. The lowest BCUT2D eigenvalue weighted by molar-refractivity contribution is -0.139. The zero-order valence-electron chi connectivity index (χ0n) is 20.6. The van der Waals surface area contributed by atoms with Crippen LogP contribution in [0.4, 0.5) is 0 Å². The minimum atomic E-state index is -0.510. The van der Waals surface area contributed by atoms with Gasteiger partial charge in [-0.3, -0.25) is 9.59 Å². The Morgan fingerprint density at radius 2 is 0.969 bits per heavy atom. The average Bonchev–Trinajstić information content (AvgIpc) is 2.80. The maximum Gasteiger partial charge on any atom is 0.309 e. The number of nitrogens with one attached hydrogen (secondary N) is 2. The Hall–Kier alpha value is -1.18. The van der Waals surface area contributed by atoms with Gasteiger partial charge in [0.05, 0.1) is 26.4 Å². The van der Waals surface area contributed by atoms with Crippen LogP contribution in [0.25, 0.3) is 0 Å². The number of amides is 2. The predicted octanol–water partition coefficient (Wildman–Crippen LogP) is 4.12. The van der Waals surface area contributed by atoms with Crippen LogP contribution in [0.1, 0.15) is 103 Å². The van der Waals surface area contributed by atoms with Crippen molar-refractivity contribution in [2.75, 3.05) is 46.1 Å². The molecule has 0 rings (SSSR count). The molecule has 7 heteroatoms. The summed E-state index contributed by atoms with van der Waals surface area (Å²) < 4.78 is 10.6. The van der Waals surface area contributed by atoms with Crippen LogP contribution in [0.3, 0.4) is 0 Å². The summed E-state index contributed by atoms with van der Waals surface area (Å²) in [6.07, 6.45) is 18.0. The van der Waals surface area contributed by atoms with E-state index in [-0.39, 0.29) is 6.61 Å². The highest BCUT2D eigenvalue weighted by Gasteiger charge is 2.11. The van der Waals surface area contributed by atoms with Crippen LogP contribution in [0, 0.1) is 0 Å². The molecule has 0 saturated carbocycles. The third-order valence-electron chi connectivity index (χ3n) is 5.38. The summed E-state index contributed by atoms with van der Waals surface area (Å²) in [6.45, 7) is 5.68. The van der Waals surface area contributed by atoms with E-state index < -0.39 is 11.8 Å². The zero-order valence-corrected chi connectivity index (χ0v) is 20.6. The fraction of sp³-hybridized carbons (Fsp3) is 0.920. The van der Waals surface area contributed by atoms with Crippen LogP contribution in [0.15, 0.2) is 0 Å². The van der Waals surface area contributed by atoms with E-state index in [1.54, 1.807) is 0 Å². The van der Waals surface area contributed by atoms with Crippen molar-refractivity contribution in [2.45, 2.75) is 103 Å². The maximum absolute atomic E-state index is 11.6. The van der Waals surface area contributed by atoms with E-state index in [4.69, 9.17) is 14.6 Å². The third-order valence-corrected chi connectivity index (χ3v) is 5.38. The smallest absolute Gasteiger partial charge is 0.309 e. The minimum absolute atomic E-state index is 0.0740. The first kappa shape index (κ1) is 30.8. The summed E-state index contributed by atoms with van der Waals surface area (Å²) in [5.74, 6) is -1.01. The van der Waals surface area contributed by atoms with Crippen molar-refractivity contribution in [1.29, 1.82) is 0 Å². The number of ether oxygens (including phenoxy) is 2. The lowest BCUT2D eigenvalue weighted by atomic mass is 10.0. The Morgan fingerprint density at radius 1 is 0.562 bits per heavy atom. The van der Waals surface area contributed by atoms with Crippen LogP contribution in [0.5, 0.6) is 0 Å². The van der Waals surface area contributed by atoms with Gasteiger partial charge < -0.3 is 25.2 Å². The summed E-state index contributed by atoms with van der Waals surface area (Å²) in [7, 11) is 0. The van der Waals surface area contributed by atoms with Gasteiger partial charge in [0.15, 0.2) is 0 Å². The number of aliphatic hydroxyl groups excluding tert-OH is 1. The van der Waals surface area contributed by atoms with E-state index in [0.717, 1.165) is 38.7 Å². The number of carbonyl (C=O) groups excluding carboxylic acids is 2. The van der Waals surface area contributed by atoms with Gasteiger partial charge in [0.25, 0.3) is 0 Å². The molecule has 7 nitrogen and oxygen atoms in total. The summed E-state index contributed by atoms with van der Waals surface area (Å²) in [5.41, 5.74) is 0. The van der Waals surface area contributed by atoms with Crippen LogP contribution >= 0.6 is 0 Å². The van der Waals surface area contributed by atoms with Crippen molar-refractivity contribution in [2.24, 2.45) is 0 Å². The van der Waals surface area contributed by atoms with E-state index in [9.17, 15) is 9.59 Å². The number of hydrogen-bond donors (Lipinski definition) is 3. The van der Waals surface area contributed by atoms with Gasteiger partial charge in [0.2, 0.25) is 0 Å². The maximum atomic E-state index is 11.6. The Balaban J connectivity index is 3.16. The van der Waals surface area contributed by atoms with Crippen molar-refractivity contribution in [3.8, 4) is 0 Å². The topological polar surface area (TPSA) is 96.9 Å². The molecule has 0 radical (unpaired) electrons. The molecule has 0 aromatic rings. The Bertz CT molecular complexity index is 421. The molecule has 0 saturated heterocycles. The van der Waals surface area contributed by atoms with Crippen molar-refractivity contribution in [1.82, 2.24) is 10.6 Å². The van der Waals surface area contributed by atoms with E-state index in [0.29, 0.717) is 32.9 Å². The van der Waals surface area contributed by atoms with E-state index in [2.05, 4.69) is 17.6 Å². The van der Waals surface area contributed by atoms with Crippen LogP contribution in [0.2, 0.25) is 0 Å². The number of hydrogen-bond acceptors (Lipinski definition) is 5. The van der Waals surface area contributed by atoms with Crippen molar-refractivity contribution >= 4 is 11.8 Å². The van der Waals surface area contributed by atoms with Gasteiger partial charge >= 0.3 is 11.8 Å². The molecule has 0 aromatic heterocycles. The molecule has 0 aromatic carbocycles. The molecule has 0 spiro atoms. The molecule has 0 aliphatic heterocycles. The van der Waals surface area contributed by atoms with Gasteiger partial charge in [-0.1, -0.05) is 84.0 Å². The summed E-state index contributed by atoms with van der Waals surface area (Å²) in [4.78, 5) is 23.1. The molecule has 2 amide bonds. The van der Waals surface area contributed by atoms with Gasteiger partial charge in [0, 0.05) is 19.7 Å². The highest BCUT2D eigenvalue weighted by atomic mass is 16.5. The SMILES string of the molecule is CCCCNC(=O)C(=O)NCCCCCCCCCCCCCCCOCCOCCO. The van der Waals surface area contributed by atoms with E-state index in [1.165, 1.54) is 64.2 Å². The van der Waals surface area contributed by atoms with Gasteiger partial charge in [0.1, 0.15) is 0 Å².